The van der Waals surface area contributed by atoms with E-state index in [4.69, 9.17) is 4.74 Å². The Hall–Kier alpha value is -2.40. The molecule has 1 aromatic carbocycles. The van der Waals surface area contributed by atoms with E-state index in [1.54, 1.807) is 18.3 Å². The number of nitrogens with one attached hydrogen (secondary N) is 1. The number of fused-ring (bicyclic) bond motifs is 1. The number of halogens is 1. The third-order valence-electron chi connectivity index (χ3n) is 4.79. The summed E-state index contributed by atoms with van der Waals surface area (Å²) in [5.74, 6) is 0.397. The molecule has 3 aromatic rings. The number of aromatic amines is 1. The standard InChI is InChI=1S/C19H20FN3O/c1-24-19-3-2-13(9-17(19)20)14-5-7-23(11-14)12-16-8-15-10-21-6-4-18(15)22-16/h2-4,6,8-10,14,22H,5,7,11-12H2,1H3. The summed E-state index contributed by atoms with van der Waals surface area (Å²) in [6, 6.07) is 9.46. The molecule has 0 radical (unpaired) electrons. The number of likely N-dealkylation sites (tertiary alicyclic amines) is 1. The lowest BCUT2D eigenvalue weighted by Gasteiger charge is -2.15. The molecule has 0 amide bonds. The van der Waals surface area contributed by atoms with Crippen LogP contribution in [0, 0.1) is 5.82 Å². The number of rotatable bonds is 4. The monoisotopic (exact) mass is 325 g/mol. The number of ether oxygens (including phenoxy) is 1. The number of methoxy groups -OCH3 is 1. The Morgan fingerprint density at radius 1 is 1.33 bits per heavy atom. The van der Waals surface area contributed by atoms with Gasteiger partial charge in [0.05, 0.1) is 7.11 Å². The van der Waals surface area contributed by atoms with Crippen molar-refractivity contribution in [1.29, 1.82) is 0 Å². The van der Waals surface area contributed by atoms with Gasteiger partial charge >= 0.3 is 0 Å². The summed E-state index contributed by atoms with van der Waals surface area (Å²) in [4.78, 5) is 10.0. The summed E-state index contributed by atoms with van der Waals surface area (Å²) >= 11 is 0. The van der Waals surface area contributed by atoms with Crippen LogP contribution in [0.2, 0.25) is 0 Å². The van der Waals surface area contributed by atoms with Gasteiger partial charge in [-0.1, -0.05) is 6.07 Å². The highest BCUT2D eigenvalue weighted by atomic mass is 19.1. The van der Waals surface area contributed by atoms with E-state index in [1.165, 1.54) is 12.8 Å². The number of hydrogen-bond acceptors (Lipinski definition) is 3. The minimum Gasteiger partial charge on any atom is -0.494 e. The second-order valence-corrected chi connectivity index (χ2v) is 6.37. The summed E-state index contributed by atoms with van der Waals surface area (Å²) in [7, 11) is 1.49. The average molecular weight is 325 g/mol. The molecular weight excluding hydrogens is 305 g/mol. The molecule has 5 heteroatoms. The molecule has 2 aromatic heterocycles. The smallest absolute Gasteiger partial charge is 0.165 e. The van der Waals surface area contributed by atoms with Gasteiger partial charge in [0.2, 0.25) is 0 Å². The molecule has 4 rings (SSSR count). The zero-order valence-corrected chi connectivity index (χ0v) is 13.6. The first kappa shape index (κ1) is 15.1. The first-order valence-electron chi connectivity index (χ1n) is 8.20. The maximum absolute atomic E-state index is 13.9. The van der Waals surface area contributed by atoms with Gasteiger partial charge in [-0.15, -0.1) is 0 Å². The number of benzene rings is 1. The molecule has 0 aliphatic carbocycles. The molecule has 3 heterocycles. The molecule has 1 atom stereocenters. The number of hydrogen-bond donors (Lipinski definition) is 1. The Bertz CT molecular complexity index is 828. The van der Waals surface area contributed by atoms with Crippen LogP contribution < -0.4 is 4.74 Å². The van der Waals surface area contributed by atoms with Crippen molar-refractivity contribution in [2.45, 2.75) is 18.9 Å². The molecule has 124 valence electrons. The van der Waals surface area contributed by atoms with Gasteiger partial charge in [-0.25, -0.2) is 4.39 Å². The minimum absolute atomic E-state index is 0.281. The number of H-pyrrole nitrogens is 1. The van der Waals surface area contributed by atoms with E-state index in [0.29, 0.717) is 11.7 Å². The molecule has 0 saturated carbocycles. The zero-order valence-electron chi connectivity index (χ0n) is 13.6. The summed E-state index contributed by atoms with van der Waals surface area (Å²) in [5, 5.41) is 1.14. The van der Waals surface area contributed by atoms with Gasteiger partial charge in [-0.3, -0.25) is 9.88 Å². The Kier molecular flexibility index (Phi) is 3.94. The van der Waals surface area contributed by atoms with E-state index in [-0.39, 0.29) is 5.82 Å². The first-order chi connectivity index (χ1) is 11.7. The minimum atomic E-state index is -0.281. The lowest BCUT2D eigenvalue weighted by molar-refractivity contribution is 0.323. The molecule has 1 aliphatic heterocycles. The molecule has 0 spiro atoms. The molecule has 1 saturated heterocycles. The molecule has 0 bridgehead atoms. The highest BCUT2D eigenvalue weighted by Gasteiger charge is 2.25. The van der Waals surface area contributed by atoms with E-state index in [9.17, 15) is 4.39 Å². The van der Waals surface area contributed by atoms with Crippen LogP contribution in [0.3, 0.4) is 0 Å². The highest BCUT2D eigenvalue weighted by Crippen LogP contribution is 2.31. The largest absolute Gasteiger partial charge is 0.494 e. The van der Waals surface area contributed by atoms with E-state index in [1.807, 2.05) is 18.3 Å². The Labute approximate surface area is 140 Å². The fourth-order valence-corrected chi connectivity index (χ4v) is 3.54. The van der Waals surface area contributed by atoms with Gasteiger partial charge in [0.1, 0.15) is 0 Å². The van der Waals surface area contributed by atoms with E-state index in [2.05, 4.69) is 20.9 Å². The maximum atomic E-state index is 13.9. The second kappa shape index (κ2) is 6.24. The lowest BCUT2D eigenvalue weighted by atomic mass is 9.98. The van der Waals surface area contributed by atoms with Crippen LogP contribution in [0.1, 0.15) is 23.6 Å². The second-order valence-electron chi connectivity index (χ2n) is 6.37. The van der Waals surface area contributed by atoms with Crippen LogP contribution in [0.25, 0.3) is 10.9 Å². The first-order valence-corrected chi connectivity index (χ1v) is 8.20. The van der Waals surface area contributed by atoms with Crippen LogP contribution in [0.5, 0.6) is 5.75 Å². The number of nitrogens with zero attached hydrogens (tertiary/aromatic N) is 2. The van der Waals surface area contributed by atoms with Crippen molar-refractivity contribution in [3.8, 4) is 5.75 Å². The maximum Gasteiger partial charge on any atom is 0.165 e. The van der Waals surface area contributed by atoms with Crippen molar-refractivity contribution in [1.82, 2.24) is 14.9 Å². The van der Waals surface area contributed by atoms with Crippen molar-refractivity contribution in [2.75, 3.05) is 20.2 Å². The van der Waals surface area contributed by atoms with Crippen LogP contribution in [-0.2, 0) is 6.54 Å². The summed E-state index contributed by atoms with van der Waals surface area (Å²) in [6.45, 7) is 2.84. The van der Waals surface area contributed by atoms with Crippen LogP contribution in [-0.4, -0.2) is 35.1 Å². The van der Waals surface area contributed by atoms with Gasteiger partial charge in [-0.05, 0) is 48.7 Å². The summed E-state index contributed by atoms with van der Waals surface area (Å²) in [5.41, 5.74) is 3.36. The van der Waals surface area contributed by atoms with Crippen LogP contribution in [0.15, 0.2) is 42.7 Å². The van der Waals surface area contributed by atoms with Crippen molar-refractivity contribution in [3.05, 3.63) is 59.8 Å². The number of aromatic nitrogens is 2. The molecule has 24 heavy (non-hydrogen) atoms. The predicted octanol–water partition coefficient (Wildman–Crippen LogP) is 3.70. The Morgan fingerprint density at radius 2 is 2.25 bits per heavy atom. The van der Waals surface area contributed by atoms with Crippen molar-refractivity contribution >= 4 is 10.9 Å². The van der Waals surface area contributed by atoms with E-state index >= 15 is 0 Å². The summed E-state index contributed by atoms with van der Waals surface area (Å²) in [6.07, 6.45) is 4.72. The highest BCUT2D eigenvalue weighted by molar-refractivity contribution is 5.79. The lowest BCUT2D eigenvalue weighted by Crippen LogP contribution is -2.19. The Morgan fingerprint density at radius 3 is 3.04 bits per heavy atom. The van der Waals surface area contributed by atoms with Gasteiger partial charge in [-0.2, -0.15) is 0 Å². The molecule has 1 unspecified atom stereocenters. The number of pyridine rings is 1. The molecule has 4 nitrogen and oxygen atoms in total. The van der Waals surface area contributed by atoms with Crippen molar-refractivity contribution < 1.29 is 9.13 Å². The van der Waals surface area contributed by atoms with Gasteiger partial charge < -0.3 is 9.72 Å². The molecular formula is C19H20FN3O. The van der Waals surface area contributed by atoms with Crippen LogP contribution >= 0.6 is 0 Å². The van der Waals surface area contributed by atoms with Gasteiger partial charge in [0.15, 0.2) is 11.6 Å². The molecule has 1 N–H and O–H groups in total. The average Bonchev–Trinajstić information content (AvgIpc) is 3.21. The normalized spacial score (nSPS) is 18.3. The van der Waals surface area contributed by atoms with Crippen LogP contribution in [0.4, 0.5) is 4.39 Å². The fourth-order valence-electron chi connectivity index (χ4n) is 3.54. The van der Waals surface area contributed by atoms with Crippen molar-refractivity contribution in [2.24, 2.45) is 0 Å². The fraction of sp³-hybridized carbons (Fsp3) is 0.316. The van der Waals surface area contributed by atoms with Gasteiger partial charge in [0, 0.05) is 42.1 Å². The third-order valence-corrected chi connectivity index (χ3v) is 4.79. The quantitative estimate of drug-likeness (QED) is 0.795. The van der Waals surface area contributed by atoms with Gasteiger partial charge in [0.25, 0.3) is 0 Å². The molecule has 1 fully saturated rings. The van der Waals surface area contributed by atoms with E-state index in [0.717, 1.165) is 42.5 Å². The van der Waals surface area contributed by atoms with E-state index < -0.39 is 0 Å². The summed E-state index contributed by atoms with van der Waals surface area (Å²) < 4.78 is 18.9. The van der Waals surface area contributed by atoms with Crippen molar-refractivity contribution in [3.63, 3.8) is 0 Å². The third kappa shape index (κ3) is 2.87. The SMILES string of the molecule is COc1ccc(C2CCN(Cc3cc4cnccc4[nH]3)C2)cc1F. The predicted molar refractivity (Wildman–Crippen MR) is 91.7 cm³/mol. The Balaban J connectivity index is 1.45. The zero-order chi connectivity index (χ0) is 16.5. The topological polar surface area (TPSA) is 41.1 Å². The molecule has 1 aliphatic rings.